The predicted molar refractivity (Wildman–Crippen MR) is 82.4 cm³/mol. The maximum Gasteiger partial charge on any atom is 0.303 e. The van der Waals surface area contributed by atoms with Crippen molar-refractivity contribution in [2.24, 2.45) is 0 Å². The van der Waals surface area contributed by atoms with E-state index in [1.165, 1.54) is 22.5 Å². The molecule has 0 fully saturated rings. The standard InChI is InChI=1S/C13H17Cl2NO4S/c1-9(2)16(7-3-4-13(17)18)21(19,20)10-5-6-11(14)12(15)8-10/h5-6,8-9H,3-4,7H2,1-2H3,(H,17,18). The van der Waals surface area contributed by atoms with Crippen LogP contribution in [0.3, 0.4) is 0 Å². The summed E-state index contributed by atoms with van der Waals surface area (Å²) in [4.78, 5) is 10.6. The smallest absolute Gasteiger partial charge is 0.303 e. The van der Waals surface area contributed by atoms with E-state index in [-0.39, 0.29) is 40.4 Å². The molecule has 0 saturated carbocycles. The average Bonchev–Trinajstić information content (AvgIpc) is 2.36. The van der Waals surface area contributed by atoms with Crippen LogP contribution in [0.25, 0.3) is 0 Å². The van der Waals surface area contributed by atoms with Gasteiger partial charge in [0.05, 0.1) is 14.9 Å². The third-order valence-electron chi connectivity index (χ3n) is 2.84. The first kappa shape index (κ1) is 18.2. The van der Waals surface area contributed by atoms with Crippen LogP contribution < -0.4 is 0 Å². The van der Waals surface area contributed by atoms with Crippen molar-refractivity contribution in [3.8, 4) is 0 Å². The van der Waals surface area contributed by atoms with Gasteiger partial charge in [0.15, 0.2) is 0 Å². The molecule has 0 aromatic heterocycles. The van der Waals surface area contributed by atoms with Crippen LogP contribution in [0.5, 0.6) is 0 Å². The summed E-state index contributed by atoms with van der Waals surface area (Å²) in [5.41, 5.74) is 0. The number of halogens is 2. The number of benzene rings is 1. The number of carboxylic acids is 1. The summed E-state index contributed by atoms with van der Waals surface area (Å²) in [5.74, 6) is -0.953. The Morgan fingerprint density at radius 1 is 1.29 bits per heavy atom. The fourth-order valence-corrected chi connectivity index (χ4v) is 3.88. The zero-order valence-corrected chi connectivity index (χ0v) is 14.0. The van der Waals surface area contributed by atoms with Gasteiger partial charge in [-0.15, -0.1) is 0 Å². The molecule has 0 radical (unpaired) electrons. The molecule has 0 heterocycles. The summed E-state index contributed by atoms with van der Waals surface area (Å²) >= 11 is 11.6. The molecule has 1 aromatic carbocycles. The van der Waals surface area contributed by atoms with Crippen LogP contribution in [0.1, 0.15) is 26.7 Å². The van der Waals surface area contributed by atoms with Gasteiger partial charge in [-0.2, -0.15) is 4.31 Å². The lowest BCUT2D eigenvalue weighted by Crippen LogP contribution is -2.37. The van der Waals surface area contributed by atoms with Gasteiger partial charge in [0, 0.05) is 19.0 Å². The highest BCUT2D eigenvalue weighted by Gasteiger charge is 2.27. The summed E-state index contributed by atoms with van der Waals surface area (Å²) in [6.45, 7) is 3.60. The van der Waals surface area contributed by atoms with Crippen LogP contribution >= 0.6 is 23.2 Å². The van der Waals surface area contributed by atoms with E-state index in [0.29, 0.717) is 0 Å². The van der Waals surface area contributed by atoms with E-state index in [9.17, 15) is 13.2 Å². The fourth-order valence-electron chi connectivity index (χ4n) is 1.81. The fraction of sp³-hybridized carbons (Fsp3) is 0.462. The number of sulfonamides is 1. The van der Waals surface area contributed by atoms with E-state index in [1.807, 2.05) is 0 Å². The van der Waals surface area contributed by atoms with Gasteiger partial charge in [-0.05, 0) is 38.5 Å². The van der Waals surface area contributed by atoms with Gasteiger partial charge >= 0.3 is 5.97 Å². The maximum atomic E-state index is 12.6. The number of rotatable bonds is 7. The van der Waals surface area contributed by atoms with Gasteiger partial charge in [-0.3, -0.25) is 4.79 Å². The third-order valence-corrected chi connectivity index (χ3v) is 5.65. The van der Waals surface area contributed by atoms with Crippen molar-refractivity contribution in [1.82, 2.24) is 4.31 Å². The molecule has 0 aliphatic heterocycles. The Hall–Kier alpha value is -0.820. The molecular weight excluding hydrogens is 337 g/mol. The summed E-state index contributed by atoms with van der Waals surface area (Å²) in [7, 11) is -3.74. The first-order valence-electron chi connectivity index (χ1n) is 6.35. The van der Waals surface area contributed by atoms with Crippen molar-refractivity contribution in [3.63, 3.8) is 0 Å². The summed E-state index contributed by atoms with van der Waals surface area (Å²) in [6.07, 6.45) is 0.161. The monoisotopic (exact) mass is 353 g/mol. The third kappa shape index (κ3) is 4.85. The van der Waals surface area contributed by atoms with Crippen LogP contribution in [-0.2, 0) is 14.8 Å². The van der Waals surface area contributed by atoms with Gasteiger partial charge in [0.2, 0.25) is 10.0 Å². The molecule has 0 saturated heterocycles. The molecule has 0 aliphatic carbocycles. The minimum absolute atomic E-state index is 0.0425. The predicted octanol–water partition coefficient (Wildman–Crippen LogP) is 3.26. The molecule has 0 spiro atoms. The van der Waals surface area contributed by atoms with Crippen molar-refractivity contribution in [2.45, 2.75) is 37.6 Å². The molecule has 118 valence electrons. The Labute approximate surface area is 134 Å². The zero-order chi connectivity index (χ0) is 16.2. The molecule has 5 nitrogen and oxygen atoms in total. The van der Waals surface area contributed by atoms with Crippen LogP contribution in [0.15, 0.2) is 23.1 Å². The van der Waals surface area contributed by atoms with Crippen LogP contribution in [0.4, 0.5) is 0 Å². The number of carboxylic acid groups (broad SMARTS) is 1. The van der Waals surface area contributed by atoms with E-state index >= 15 is 0 Å². The highest BCUT2D eigenvalue weighted by molar-refractivity contribution is 7.89. The maximum absolute atomic E-state index is 12.6. The Kier molecular flexibility index (Phi) is 6.46. The number of hydrogen-bond acceptors (Lipinski definition) is 3. The summed E-state index contributed by atoms with van der Waals surface area (Å²) in [5, 5.41) is 9.09. The Bertz CT molecular complexity index is 617. The van der Waals surface area contributed by atoms with Gasteiger partial charge in [0.1, 0.15) is 0 Å². The van der Waals surface area contributed by atoms with Crippen LogP contribution in [-0.4, -0.2) is 36.4 Å². The highest BCUT2D eigenvalue weighted by atomic mass is 35.5. The molecule has 8 heteroatoms. The van der Waals surface area contributed by atoms with Crippen molar-refractivity contribution >= 4 is 39.2 Å². The first-order valence-corrected chi connectivity index (χ1v) is 8.54. The molecular formula is C13H17Cl2NO4S. The number of aliphatic carboxylic acids is 1. The molecule has 0 atom stereocenters. The van der Waals surface area contributed by atoms with Crippen molar-refractivity contribution in [1.29, 1.82) is 0 Å². The number of hydrogen-bond donors (Lipinski definition) is 1. The van der Waals surface area contributed by atoms with E-state index in [2.05, 4.69) is 0 Å². The lowest BCUT2D eigenvalue weighted by Gasteiger charge is -2.25. The molecule has 0 aliphatic rings. The molecule has 1 rings (SSSR count). The highest BCUT2D eigenvalue weighted by Crippen LogP contribution is 2.27. The first-order chi connectivity index (χ1) is 9.66. The van der Waals surface area contributed by atoms with Gasteiger partial charge < -0.3 is 5.11 Å². The second kappa shape index (κ2) is 7.45. The average molecular weight is 354 g/mol. The van der Waals surface area contributed by atoms with Gasteiger partial charge in [0.25, 0.3) is 0 Å². The largest absolute Gasteiger partial charge is 0.481 e. The van der Waals surface area contributed by atoms with Crippen LogP contribution in [0.2, 0.25) is 10.0 Å². The second-order valence-corrected chi connectivity index (χ2v) is 7.49. The van der Waals surface area contributed by atoms with Crippen molar-refractivity contribution in [2.75, 3.05) is 6.54 Å². The lowest BCUT2D eigenvalue weighted by molar-refractivity contribution is -0.137. The lowest BCUT2D eigenvalue weighted by atomic mass is 10.3. The quantitative estimate of drug-likeness (QED) is 0.816. The number of nitrogens with zero attached hydrogens (tertiary/aromatic N) is 1. The van der Waals surface area contributed by atoms with E-state index in [4.69, 9.17) is 28.3 Å². The number of carbonyl (C=O) groups is 1. The SMILES string of the molecule is CC(C)N(CCCC(=O)O)S(=O)(=O)c1ccc(Cl)c(Cl)c1. The summed E-state index contributed by atoms with van der Waals surface area (Å²) in [6, 6.07) is 3.81. The topological polar surface area (TPSA) is 74.7 Å². The minimum Gasteiger partial charge on any atom is -0.481 e. The summed E-state index contributed by atoms with van der Waals surface area (Å²) < 4.78 is 26.4. The van der Waals surface area contributed by atoms with Crippen molar-refractivity contribution in [3.05, 3.63) is 28.2 Å². The second-order valence-electron chi connectivity index (χ2n) is 4.78. The molecule has 21 heavy (non-hydrogen) atoms. The minimum atomic E-state index is -3.74. The van der Waals surface area contributed by atoms with Gasteiger partial charge in [-0.1, -0.05) is 23.2 Å². The molecule has 0 bridgehead atoms. The Balaban J connectivity index is 3.04. The molecule has 0 unspecified atom stereocenters. The van der Waals surface area contributed by atoms with E-state index in [0.717, 1.165) is 0 Å². The molecule has 1 aromatic rings. The molecule has 1 N–H and O–H groups in total. The van der Waals surface area contributed by atoms with E-state index < -0.39 is 16.0 Å². The zero-order valence-electron chi connectivity index (χ0n) is 11.7. The Morgan fingerprint density at radius 2 is 1.90 bits per heavy atom. The Morgan fingerprint density at radius 3 is 2.38 bits per heavy atom. The normalized spacial score (nSPS) is 12.1. The van der Waals surface area contributed by atoms with Gasteiger partial charge in [-0.25, -0.2) is 8.42 Å². The van der Waals surface area contributed by atoms with Crippen molar-refractivity contribution < 1.29 is 18.3 Å². The molecule has 0 amide bonds. The van der Waals surface area contributed by atoms with E-state index in [1.54, 1.807) is 13.8 Å². The van der Waals surface area contributed by atoms with Crippen LogP contribution in [0, 0.1) is 0 Å².